The second-order valence-corrected chi connectivity index (χ2v) is 6.02. The second-order valence-electron chi connectivity index (χ2n) is 6.02. The van der Waals surface area contributed by atoms with E-state index in [0.717, 1.165) is 0 Å². The molecule has 2 aliphatic heterocycles. The summed E-state index contributed by atoms with van der Waals surface area (Å²) in [5.41, 5.74) is 0.345. The van der Waals surface area contributed by atoms with Crippen LogP contribution in [0.3, 0.4) is 0 Å². The van der Waals surface area contributed by atoms with E-state index >= 15 is 0 Å². The van der Waals surface area contributed by atoms with E-state index in [1.165, 1.54) is 57.8 Å². The standard InChI is InChI=1S/2C7H12O/c1-7-5-3-2-4-6(7)8-7;1-2-4-6-7(8-6)5-3-1/h6H,2-5H2,1H3;6-7H,1-5H2. The summed E-state index contributed by atoms with van der Waals surface area (Å²) in [6.45, 7) is 2.23. The van der Waals surface area contributed by atoms with Crippen molar-refractivity contribution in [2.75, 3.05) is 0 Å². The smallest absolute Gasteiger partial charge is 0.0920 e. The molecule has 16 heavy (non-hydrogen) atoms. The topological polar surface area (TPSA) is 25.1 Å². The fraction of sp³-hybridized carbons (Fsp3) is 1.00. The van der Waals surface area contributed by atoms with Crippen molar-refractivity contribution in [2.24, 2.45) is 0 Å². The molecule has 4 fully saturated rings. The lowest BCUT2D eigenvalue weighted by atomic mass is 9.91. The molecule has 0 bridgehead atoms. The normalized spacial score (nSPS) is 48.9. The third-order valence-electron chi connectivity index (χ3n) is 4.59. The highest BCUT2D eigenvalue weighted by atomic mass is 16.6. The first-order valence-electron chi connectivity index (χ1n) is 7.11. The number of hydrogen-bond donors (Lipinski definition) is 0. The second kappa shape index (κ2) is 4.30. The van der Waals surface area contributed by atoms with Crippen LogP contribution in [0, 0.1) is 0 Å². The van der Waals surface area contributed by atoms with Gasteiger partial charge in [-0.05, 0) is 32.6 Å². The molecule has 4 rings (SSSR count). The van der Waals surface area contributed by atoms with Crippen LogP contribution >= 0.6 is 0 Å². The molecular weight excluding hydrogens is 200 g/mol. The van der Waals surface area contributed by atoms with E-state index < -0.39 is 0 Å². The molecule has 0 spiro atoms. The van der Waals surface area contributed by atoms with E-state index in [1.807, 2.05) is 0 Å². The Bertz CT molecular complexity index is 241. The van der Waals surface area contributed by atoms with Crippen LogP contribution in [0.15, 0.2) is 0 Å². The van der Waals surface area contributed by atoms with Crippen LogP contribution in [0.1, 0.15) is 64.7 Å². The van der Waals surface area contributed by atoms with Gasteiger partial charge in [0.15, 0.2) is 0 Å². The number of hydrogen-bond acceptors (Lipinski definition) is 2. The molecule has 2 nitrogen and oxygen atoms in total. The maximum atomic E-state index is 5.47. The minimum Gasteiger partial charge on any atom is -0.370 e. The molecule has 0 aromatic carbocycles. The quantitative estimate of drug-likeness (QED) is 0.589. The molecule has 4 unspecified atom stereocenters. The summed E-state index contributed by atoms with van der Waals surface area (Å²) in [6.07, 6.45) is 14.3. The maximum Gasteiger partial charge on any atom is 0.0920 e. The zero-order valence-corrected chi connectivity index (χ0v) is 10.4. The number of fused-ring (bicyclic) bond motifs is 2. The zero-order chi connectivity index (χ0) is 11.0. The van der Waals surface area contributed by atoms with Crippen molar-refractivity contribution >= 4 is 0 Å². The van der Waals surface area contributed by atoms with Gasteiger partial charge >= 0.3 is 0 Å². The molecule has 92 valence electrons. The van der Waals surface area contributed by atoms with Crippen LogP contribution in [0.25, 0.3) is 0 Å². The van der Waals surface area contributed by atoms with Gasteiger partial charge in [0.25, 0.3) is 0 Å². The van der Waals surface area contributed by atoms with E-state index in [4.69, 9.17) is 9.47 Å². The molecule has 0 N–H and O–H groups in total. The van der Waals surface area contributed by atoms with Crippen molar-refractivity contribution in [2.45, 2.75) is 88.6 Å². The monoisotopic (exact) mass is 224 g/mol. The third kappa shape index (κ3) is 2.43. The molecule has 2 heterocycles. The third-order valence-corrected chi connectivity index (χ3v) is 4.59. The summed E-state index contributed by atoms with van der Waals surface area (Å²) in [6, 6.07) is 0. The first-order valence-corrected chi connectivity index (χ1v) is 7.11. The van der Waals surface area contributed by atoms with Gasteiger partial charge in [-0.15, -0.1) is 0 Å². The lowest BCUT2D eigenvalue weighted by molar-refractivity contribution is 0.304. The van der Waals surface area contributed by atoms with Crippen LogP contribution in [0.5, 0.6) is 0 Å². The fourth-order valence-corrected chi connectivity index (χ4v) is 3.24. The molecule has 4 atom stereocenters. The Balaban J connectivity index is 0.000000101. The minimum atomic E-state index is 0.345. The first-order chi connectivity index (χ1) is 7.78. The summed E-state index contributed by atoms with van der Waals surface area (Å²) in [4.78, 5) is 0. The Morgan fingerprint density at radius 1 is 0.875 bits per heavy atom. The molecule has 0 radical (unpaired) electrons. The summed E-state index contributed by atoms with van der Waals surface area (Å²) >= 11 is 0. The summed E-state index contributed by atoms with van der Waals surface area (Å²) in [5.74, 6) is 0. The minimum absolute atomic E-state index is 0.345. The molecule has 0 aromatic heterocycles. The van der Waals surface area contributed by atoms with Crippen LogP contribution in [0.2, 0.25) is 0 Å². The van der Waals surface area contributed by atoms with Gasteiger partial charge in [0.2, 0.25) is 0 Å². The van der Waals surface area contributed by atoms with Crippen LogP contribution in [-0.4, -0.2) is 23.9 Å². The summed E-state index contributed by atoms with van der Waals surface area (Å²) < 4.78 is 10.8. The van der Waals surface area contributed by atoms with Crippen molar-refractivity contribution in [3.8, 4) is 0 Å². The van der Waals surface area contributed by atoms with Gasteiger partial charge < -0.3 is 9.47 Å². The number of ether oxygens (including phenoxy) is 2. The SMILES string of the molecule is C1CCC2OC2CC1.CC12CCCCC1O2. The Labute approximate surface area is 98.7 Å². The Morgan fingerprint density at radius 3 is 2.12 bits per heavy atom. The lowest BCUT2D eigenvalue weighted by Crippen LogP contribution is -2.13. The van der Waals surface area contributed by atoms with Gasteiger partial charge in [-0.25, -0.2) is 0 Å². The first kappa shape index (κ1) is 11.0. The predicted molar refractivity (Wildman–Crippen MR) is 63.5 cm³/mol. The molecule has 2 aliphatic carbocycles. The van der Waals surface area contributed by atoms with E-state index in [2.05, 4.69) is 6.92 Å². The van der Waals surface area contributed by atoms with Crippen LogP contribution in [-0.2, 0) is 9.47 Å². The van der Waals surface area contributed by atoms with Crippen molar-refractivity contribution in [3.05, 3.63) is 0 Å². The highest BCUT2D eigenvalue weighted by molar-refractivity contribution is 5.01. The van der Waals surface area contributed by atoms with Gasteiger partial charge in [-0.2, -0.15) is 0 Å². The van der Waals surface area contributed by atoms with Crippen molar-refractivity contribution < 1.29 is 9.47 Å². The highest BCUT2D eigenvalue weighted by Crippen LogP contribution is 2.46. The molecule has 2 saturated heterocycles. The van der Waals surface area contributed by atoms with E-state index in [9.17, 15) is 0 Å². The maximum absolute atomic E-state index is 5.47. The van der Waals surface area contributed by atoms with E-state index in [1.54, 1.807) is 0 Å². The summed E-state index contributed by atoms with van der Waals surface area (Å²) in [7, 11) is 0. The molecule has 2 saturated carbocycles. The predicted octanol–water partition coefficient (Wildman–Crippen LogP) is 3.44. The largest absolute Gasteiger partial charge is 0.370 e. The van der Waals surface area contributed by atoms with Crippen molar-refractivity contribution in [3.63, 3.8) is 0 Å². The molecular formula is C14H24O2. The molecule has 0 amide bonds. The van der Waals surface area contributed by atoms with Crippen LogP contribution in [0.4, 0.5) is 0 Å². The fourth-order valence-electron chi connectivity index (χ4n) is 3.24. The van der Waals surface area contributed by atoms with Gasteiger partial charge in [0.1, 0.15) is 0 Å². The van der Waals surface area contributed by atoms with Gasteiger partial charge in [0.05, 0.1) is 23.9 Å². The molecule has 2 heteroatoms. The highest BCUT2D eigenvalue weighted by Gasteiger charge is 2.52. The van der Waals surface area contributed by atoms with Crippen molar-refractivity contribution in [1.29, 1.82) is 0 Å². The molecule has 4 aliphatic rings. The molecule has 0 aromatic rings. The zero-order valence-electron chi connectivity index (χ0n) is 10.4. The average molecular weight is 224 g/mol. The van der Waals surface area contributed by atoms with Gasteiger partial charge in [0, 0.05) is 0 Å². The van der Waals surface area contributed by atoms with Crippen molar-refractivity contribution in [1.82, 2.24) is 0 Å². The van der Waals surface area contributed by atoms with E-state index in [0.29, 0.717) is 23.9 Å². The van der Waals surface area contributed by atoms with Gasteiger partial charge in [-0.3, -0.25) is 0 Å². The van der Waals surface area contributed by atoms with E-state index in [-0.39, 0.29) is 0 Å². The van der Waals surface area contributed by atoms with Gasteiger partial charge in [-0.1, -0.05) is 32.1 Å². The number of rotatable bonds is 0. The average Bonchev–Trinajstić information content (AvgIpc) is 3.10. The lowest BCUT2D eigenvalue weighted by Gasteiger charge is -2.09. The van der Waals surface area contributed by atoms with Crippen LogP contribution < -0.4 is 0 Å². The Morgan fingerprint density at radius 2 is 1.56 bits per heavy atom. The summed E-state index contributed by atoms with van der Waals surface area (Å²) in [5, 5.41) is 0. The Kier molecular flexibility index (Phi) is 2.97. The Hall–Kier alpha value is -0.0800. The number of epoxide rings is 2.